The van der Waals surface area contributed by atoms with Crippen molar-refractivity contribution in [2.75, 3.05) is 6.54 Å². The summed E-state index contributed by atoms with van der Waals surface area (Å²) in [6.45, 7) is 7.69. The maximum atomic E-state index is 13.9. The zero-order valence-corrected chi connectivity index (χ0v) is 15.0. The molecule has 0 saturated carbocycles. The van der Waals surface area contributed by atoms with Gasteiger partial charge in [0, 0.05) is 40.2 Å². The quantitative estimate of drug-likeness (QED) is 0.358. The molecule has 24 heavy (non-hydrogen) atoms. The predicted molar refractivity (Wildman–Crippen MR) is 93.3 cm³/mol. The maximum absolute atomic E-state index is 13.9. The Morgan fingerprint density at radius 2 is 2.12 bits per heavy atom. The summed E-state index contributed by atoms with van der Waals surface area (Å²) in [7, 11) is 0. The molecule has 1 heterocycles. The van der Waals surface area contributed by atoms with E-state index in [-0.39, 0.29) is 18.4 Å². The Balaban J connectivity index is 2.32. The molecule has 1 unspecified atom stereocenters. The summed E-state index contributed by atoms with van der Waals surface area (Å²) in [6.07, 6.45) is 0.440. The predicted octanol–water partition coefficient (Wildman–Crippen LogP) is 4.54. The number of rotatable bonds is 6. The number of hydrogen-bond donors (Lipinski definition) is 1. The van der Waals surface area contributed by atoms with Crippen LogP contribution in [-0.2, 0) is 17.8 Å². The van der Waals surface area contributed by atoms with Crippen LogP contribution in [0.5, 0.6) is 0 Å². The van der Waals surface area contributed by atoms with Gasteiger partial charge in [-0.3, -0.25) is 0 Å². The van der Waals surface area contributed by atoms with Gasteiger partial charge >= 0.3 is 0 Å². The first-order valence-corrected chi connectivity index (χ1v) is 8.78. The van der Waals surface area contributed by atoms with Gasteiger partial charge in [-0.25, -0.2) is 4.39 Å². The summed E-state index contributed by atoms with van der Waals surface area (Å²) < 4.78 is 34.6. The Hall–Kier alpha value is -1.73. The lowest BCUT2D eigenvalue weighted by Gasteiger charge is -2.26. The first-order valence-electron chi connectivity index (χ1n) is 7.63. The third-order valence-corrected chi connectivity index (χ3v) is 5.17. The number of nitrogens with zero attached hydrogens (tertiary/aromatic N) is 3. The highest BCUT2D eigenvalue weighted by atomic mass is 32.2. The third-order valence-electron chi connectivity index (χ3n) is 3.49. The molecule has 2 atom stereocenters. The number of halogens is 1. The summed E-state index contributed by atoms with van der Waals surface area (Å²) in [5.41, 5.74) is 9.49. The highest BCUT2D eigenvalue weighted by Gasteiger charge is 2.29. The van der Waals surface area contributed by atoms with Crippen molar-refractivity contribution in [3.63, 3.8) is 0 Å². The lowest BCUT2D eigenvalue weighted by molar-refractivity contribution is 0.522. The lowest BCUT2D eigenvalue weighted by atomic mass is 10.1. The molecule has 1 N–H and O–H groups in total. The smallest absolute Gasteiger partial charge is 0.139 e. The van der Waals surface area contributed by atoms with Gasteiger partial charge in [-0.15, -0.1) is 4.72 Å². The van der Waals surface area contributed by atoms with Crippen molar-refractivity contribution in [3.05, 3.63) is 45.8 Å². The highest BCUT2D eigenvalue weighted by Crippen LogP contribution is 2.30. The number of benzene rings is 1. The highest BCUT2D eigenvalue weighted by molar-refractivity contribution is 7.90. The van der Waals surface area contributed by atoms with E-state index in [4.69, 9.17) is 9.95 Å². The van der Waals surface area contributed by atoms with Gasteiger partial charge in [0.15, 0.2) is 0 Å². The summed E-state index contributed by atoms with van der Waals surface area (Å²) in [5, 5.41) is 4.11. The Morgan fingerprint density at radius 3 is 2.75 bits per heavy atom. The molecular weight excluding hydrogens is 331 g/mol. The van der Waals surface area contributed by atoms with Gasteiger partial charge in [-0.2, -0.15) is 0 Å². The number of nitrogens with one attached hydrogen (secondary N) is 1. The third kappa shape index (κ3) is 4.42. The van der Waals surface area contributed by atoms with Crippen molar-refractivity contribution >= 4 is 22.3 Å². The molecule has 0 saturated heterocycles. The van der Waals surface area contributed by atoms with Crippen LogP contribution in [0.2, 0.25) is 0 Å². The minimum atomic E-state index is -1.29. The molecule has 0 bridgehead atoms. The minimum Gasteiger partial charge on any atom is -0.598 e. The molecule has 1 aromatic heterocycles. The van der Waals surface area contributed by atoms with Crippen molar-refractivity contribution in [3.8, 4) is 0 Å². The summed E-state index contributed by atoms with van der Waals surface area (Å²) in [4.78, 5) is 2.70. The second kappa shape index (κ2) is 7.44. The average molecular weight is 352 g/mol. The van der Waals surface area contributed by atoms with Crippen molar-refractivity contribution in [1.29, 1.82) is 0 Å². The molecule has 0 spiro atoms. The molecule has 2 aromatic rings. The fraction of sp³-hybridized carbons (Fsp3) is 0.500. The lowest BCUT2D eigenvalue weighted by Crippen LogP contribution is -2.40. The monoisotopic (exact) mass is 352 g/mol. The zero-order valence-electron chi connectivity index (χ0n) is 14.2. The molecule has 0 radical (unpaired) electrons. The van der Waals surface area contributed by atoms with Gasteiger partial charge in [0.1, 0.15) is 21.9 Å². The van der Waals surface area contributed by atoms with E-state index in [0.717, 1.165) is 0 Å². The van der Waals surface area contributed by atoms with E-state index in [1.165, 1.54) is 12.1 Å². The van der Waals surface area contributed by atoms with Crippen LogP contribution in [0, 0.1) is 5.82 Å². The first kappa shape index (κ1) is 18.6. The molecule has 0 amide bonds. The van der Waals surface area contributed by atoms with Crippen LogP contribution in [-0.4, -0.2) is 15.8 Å². The molecule has 0 aliphatic rings. The second-order valence-electron chi connectivity index (χ2n) is 6.55. The van der Waals surface area contributed by atoms with Crippen molar-refractivity contribution in [2.45, 2.75) is 44.9 Å². The van der Waals surface area contributed by atoms with Crippen LogP contribution in [0.25, 0.3) is 21.4 Å². The Kier molecular flexibility index (Phi) is 5.77. The second-order valence-corrected chi connectivity index (χ2v) is 8.55. The minimum absolute atomic E-state index is 0.274. The van der Waals surface area contributed by atoms with E-state index < -0.39 is 16.1 Å². The van der Waals surface area contributed by atoms with Crippen LogP contribution >= 0.6 is 0 Å². The van der Waals surface area contributed by atoms with Crippen LogP contribution in [0.3, 0.4) is 0 Å². The van der Waals surface area contributed by atoms with Crippen LogP contribution in [0.4, 0.5) is 4.39 Å². The van der Waals surface area contributed by atoms with Gasteiger partial charge in [0.25, 0.3) is 0 Å². The molecule has 2 rings (SSSR count). The zero-order chi connectivity index (χ0) is 17.9. The largest absolute Gasteiger partial charge is 0.598 e. The maximum Gasteiger partial charge on any atom is 0.139 e. The molecule has 0 aliphatic carbocycles. The number of fused-ring (bicyclic) bond motifs is 1. The van der Waals surface area contributed by atoms with Crippen LogP contribution in [0.15, 0.2) is 27.7 Å². The van der Waals surface area contributed by atoms with E-state index in [1.807, 2.05) is 27.7 Å². The van der Waals surface area contributed by atoms with Crippen molar-refractivity contribution in [1.82, 2.24) is 4.72 Å². The van der Waals surface area contributed by atoms with E-state index in [1.54, 1.807) is 6.07 Å². The Bertz CT molecular complexity index is 765. The fourth-order valence-electron chi connectivity index (χ4n) is 2.25. The topological polar surface area (TPSA) is 97.0 Å². The molecule has 1 aromatic carbocycles. The van der Waals surface area contributed by atoms with Crippen LogP contribution < -0.4 is 4.72 Å². The number of furan rings is 1. The van der Waals surface area contributed by atoms with Gasteiger partial charge < -0.3 is 8.97 Å². The standard InChI is InChI=1S/C16H21FN4O2S/c1-10(20-24(22)16(2,3)4)14-9-12(17)7-11-8-13(23-15(11)14)5-6-19-21-18/h7-10,20H,5-6H2,1-4H3/t10?,24-/m1/s1. The Labute approximate surface area is 143 Å². The number of azide groups is 1. The van der Waals surface area contributed by atoms with Gasteiger partial charge in [0.2, 0.25) is 0 Å². The average Bonchev–Trinajstić information content (AvgIpc) is 2.88. The molecule has 130 valence electrons. The van der Waals surface area contributed by atoms with E-state index in [2.05, 4.69) is 14.7 Å². The number of hydrogen-bond acceptors (Lipinski definition) is 4. The van der Waals surface area contributed by atoms with E-state index in [0.29, 0.717) is 28.7 Å². The summed E-state index contributed by atoms with van der Waals surface area (Å²) >= 11 is -1.29. The van der Waals surface area contributed by atoms with Gasteiger partial charge in [-0.1, -0.05) is 5.11 Å². The SMILES string of the molecule is CC(N[S@+]([O-])C(C)(C)C)c1cc(F)cc2cc(CCN=[N+]=[N-])oc12. The van der Waals surface area contributed by atoms with Gasteiger partial charge in [0.05, 0.1) is 6.04 Å². The molecule has 0 fully saturated rings. The first-order chi connectivity index (χ1) is 11.2. The van der Waals surface area contributed by atoms with Crippen molar-refractivity contribution < 1.29 is 13.4 Å². The molecule has 8 heteroatoms. The Morgan fingerprint density at radius 1 is 1.42 bits per heavy atom. The van der Waals surface area contributed by atoms with E-state index >= 15 is 0 Å². The fourth-order valence-corrected chi connectivity index (χ4v) is 3.05. The van der Waals surface area contributed by atoms with E-state index in [9.17, 15) is 8.94 Å². The molecule has 6 nitrogen and oxygen atoms in total. The molecular formula is C16H21FN4O2S. The summed E-state index contributed by atoms with van der Waals surface area (Å²) in [6, 6.07) is 4.18. The summed E-state index contributed by atoms with van der Waals surface area (Å²) in [5.74, 6) is 0.239. The van der Waals surface area contributed by atoms with Crippen molar-refractivity contribution in [2.24, 2.45) is 5.11 Å². The molecule has 0 aliphatic heterocycles. The van der Waals surface area contributed by atoms with Gasteiger partial charge in [-0.05, 0) is 51.4 Å². The van der Waals surface area contributed by atoms with Crippen LogP contribution in [0.1, 0.15) is 45.1 Å². The normalized spacial score (nSPS) is 14.4.